The lowest BCUT2D eigenvalue weighted by molar-refractivity contribution is 1.49. The number of allylic oxidation sites excluding steroid dienone is 2. The smallest absolute Gasteiger partial charge is 0.226 e. The van der Waals surface area contributed by atoms with Crippen LogP contribution in [-0.4, -0.2) is 0 Å². The molecule has 8 heteroatoms. The van der Waals surface area contributed by atoms with Crippen molar-refractivity contribution in [3.8, 4) is 74.8 Å². The number of hydrogen-bond donors (Lipinski definition) is 0. The van der Waals surface area contributed by atoms with E-state index < -0.39 is 0 Å². The van der Waals surface area contributed by atoms with Crippen LogP contribution < -0.4 is 0 Å². The summed E-state index contributed by atoms with van der Waals surface area (Å²) < 4.78 is 0. The zero-order chi connectivity index (χ0) is 37.4. The number of benzene rings is 3. The quantitative estimate of drug-likeness (QED) is 0.132. The van der Waals surface area contributed by atoms with Crippen LogP contribution in [0.25, 0.3) is 83.5 Å². The Morgan fingerprint density at radius 1 is 0.481 bits per heavy atom. The maximum absolute atomic E-state index is 10.3. The summed E-state index contributed by atoms with van der Waals surface area (Å²) in [6, 6.07) is 30.0. The average Bonchev–Trinajstić information content (AvgIpc) is 4.04. The van der Waals surface area contributed by atoms with Crippen LogP contribution in [0.4, 0.5) is 0 Å². The van der Waals surface area contributed by atoms with Gasteiger partial charge in [-0.2, -0.15) is 0 Å². The van der Waals surface area contributed by atoms with E-state index in [0.29, 0.717) is 11.1 Å². The van der Waals surface area contributed by atoms with Crippen LogP contribution in [0.2, 0.25) is 0 Å². The number of nitriles is 2. The molecule has 0 aliphatic heterocycles. The Bertz CT molecular complexity index is 2800. The topological polar surface area (TPSA) is 56.3 Å². The van der Waals surface area contributed by atoms with Gasteiger partial charge in [0.15, 0.2) is 0 Å². The van der Waals surface area contributed by atoms with E-state index in [-0.39, 0.29) is 11.4 Å². The highest BCUT2D eigenvalue weighted by molar-refractivity contribution is 7.24. The molecule has 0 bridgehead atoms. The number of fused-ring (bicyclic) bond motifs is 6. The summed E-state index contributed by atoms with van der Waals surface area (Å²) in [4.78, 5) is 14.8. The summed E-state index contributed by atoms with van der Waals surface area (Å²) in [5.41, 5.74) is 15.2. The van der Waals surface area contributed by atoms with Crippen LogP contribution in [0.1, 0.15) is 44.5 Å². The van der Waals surface area contributed by atoms with Crippen molar-refractivity contribution >= 4 is 56.5 Å². The van der Waals surface area contributed by atoms with E-state index in [2.05, 4.69) is 133 Å². The van der Waals surface area contributed by atoms with Gasteiger partial charge in [0.05, 0.1) is 25.3 Å². The van der Waals surface area contributed by atoms with Crippen molar-refractivity contribution in [1.29, 1.82) is 10.5 Å². The van der Waals surface area contributed by atoms with Crippen molar-refractivity contribution in [3.05, 3.63) is 162 Å². The Balaban J connectivity index is 1.21. The van der Waals surface area contributed by atoms with Crippen molar-refractivity contribution in [2.75, 3.05) is 0 Å². The molecule has 0 N–H and O–H groups in total. The van der Waals surface area contributed by atoms with Gasteiger partial charge in [-0.25, -0.2) is 20.2 Å². The molecule has 0 radical (unpaired) electrons. The fraction of sp³-hybridized carbons (Fsp3) is 0.0870. The lowest BCUT2D eigenvalue weighted by Gasteiger charge is -2.09. The Morgan fingerprint density at radius 2 is 0.889 bits per heavy atom. The number of aryl methyl sites for hydroxylation is 4. The molecule has 7 aromatic rings. The van der Waals surface area contributed by atoms with E-state index >= 15 is 0 Å². The Labute approximate surface area is 329 Å². The largest absolute Gasteiger partial charge is 0.270 e. The van der Waals surface area contributed by atoms with Gasteiger partial charge in [0.1, 0.15) is 0 Å². The monoisotopic (exact) mass is 762 g/mol. The molecule has 54 heavy (non-hydrogen) atoms. The first-order chi connectivity index (χ1) is 26.2. The maximum Gasteiger partial charge on any atom is 0.270 e. The van der Waals surface area contributed by atoms with E-state index in [0.717, 1.165) is 65.4 Å². The lowest BCUT2D eigenvalue weighted by atomic mass is 9.95. The zero-order valence-corrected chi connectivity index (χ0v) is 32.8. The number of rotatable bonds is 4. The molecular weight excluding hydrogens is 737 g/mol. The molecule has 0 atom stereocenters. The predicted octanol–water partition coefficient (Wildman–Crippen LogP) is 14.2. The van der Waals surface area contributed by atoms with Gasteiger partial charge in [-0.1, -0.05) is 24.3 Å². The highest BCUT2D eigenvalue weighted by Gasteiger charge is 2.34. The molecule has 4 aromatic heterocycles. The van der Waals surface area contributed by atoms with Gasteiger partial charge in [-0.3, -0.25) is 0 Å². The van der Waals surface area contributed by atoms with Crippen LogP contribution >= 0.6 is 45.3 Å². The van der Waals surface area contributed by atoms with Crippen LogP contribution in [-0.2, 0) is 0 Å². The standard InChI is InChI=1S/C46H26N4S4/c1-23-11-13-51-45(23)39-15-25(3)43(53-39)27-7-9-29-31-19-36-32(20-35(31)41(33(29)17-27)37(21-47)49-5)30-10-8-28(18-34(30)42(36)38(22-48)50-6)44-26(4)16-40(54-44)46-24(2)12-14-52-46/h7-20H,1-4H3/b41-37-,42-38+. The summed E-state index contributed by atoms with van der Waals surface area (Å²) in [6.45, 7) is 24.6. The molecule has 9 rings (SSSR count). The molecule has 0 saturated carbocycles. The van der Waals surface area contributed by atoms with Gasteiger partial charge >= 0.3 is 0 Å². The second-order valence-electron chi connectivity index (χ2n) is 13.5. The Kier molecular flexibility index (Phi) is 7.99. The molecule has 3 aromatic carbocycles. The molecule has 0 spiro atoms. The van der Waals surface area contributed by atoms with Gasteiger partial charge < -0.3 is 0 Å². The average molecular weight is 763 g/mol. The summed E-state index contributed by atoms with van der Waals surface area (Å²) in [5, 5.41) is 24.8. The Morgan fingerprint density at radius 3 is 1.24 bits per heavy atom. The van der Waals surface area contributed by atoms with Crippen molar-refractivity contribution in [2.45, 2.75) is 27.7 Å². The normalized spacial score (nSPS) is 13.9. The first-order valence-corrected chi connectivity index (χ1v) is 20.5. The van der Waals surface area contributed by atoms with Crippen molar-refractivity contribution in [2.24, 2.45) is 0 Å². The van der Waals surface area contributed by atoms with Crippen LogP contribution in [0.3, 0.4) is 0 Å². The molecule has 254 valence electrons. The van der Waals surface area contributed by atoms with Crippen LogP contribution in [0, 0.1) is 63.5 Å². The number of thiophene rings is 4. The summed E-state index contributed by atoms with van der Waals surface area (Å²) in [7, 11) is 0. The van der Waals surface area contributed by atoms with Gasteiger partial charge in [-0.05, 0) is 165 Å². The first-order valence-electron chi connectivity index (χ1n) is 17.1. The summed E-state index contributed by atoms with van der Waals surface area (Å²) in [5.74, 6) is 0. The van der Waals surface area contributed by atoms with Crippen LogP contribution in [0.5, 0.6) is 0 Å². The van der Waals surface area contributed by atoms with Gasteiger partial charge in [0.25, 0.3) is 11.4 Å². The molecular formula is C46H26N4S4. The van der Waals surface area contributed by atoms with Crippen molar-refractivity contribution in [1.82, 2.24) is 0 Å². The highest BCUT2D eigenvalue weighted by Crippen LogP contribution is 2.55. The molecule has 4 heterocycles. The molecule has 4 nitrogen and oxygen atoms in total. The second-order valence-corrected chi connectivity index (χ2v) is 17.4. The van der Waals surface area contributed by atoms with Crippen LogP contribution in [0.15, 0.2) is 95.0 Å². The fourth-order valence-electron chi connectivity index (χ4n) is 7.80. The highest BCUT2D eigenvalue weighted by atomic mass is 32.1. The van der Waals surface area contributed by atoms with E-state index in [9.17, 15) is 10.5 Å². The third-order valence-corrected chi connectivity index (χ3v) is 15.3. The number of hydrogen-bond acceptors (Lipinski definition) is 6. The minimum atomic E-state index is 0.0399. The third-order valence-electron chi connectivity index (χ3n) is 10.3. The SMILES string of the molecule is [C-]#[N+]/C(C#N)=C1/c2cc(-c3sc(-c4sccc4C)cc3C)ccc2-c2cc3c(cc21)-c1ccc(-c2sc(-c4sccc4C)cc2C)cc1/C3=C(/C#N)[N+]#[C-]. The molecule has 0 fully saturated rings. The zero-order valence-electron chi connectivity index (χ0n) is 29.5. The molecule has 2 aliphatic carbocycles. The van der Waals surface area contributed by atoms with E-state index in [4.69, 9.17) is 13.1 Å². The second kappa shape index (κ2) is 12.8. The first kappa shape index (κ1) is 33.7. The van der Waals surface area contributed by atoms with E-state index in [1.807, 2.05) is 0 Å². The summed E-state index contributed by atoms with van der Waals surface area (Å²) in [6.07, 6.45) is 0. The van der Waals surface area contributed by atoms with Gasteiger partial charge in [0.2, 0.25) is 0 Å². The lowest BCUT2D eigenvalue weighted by Crippen LogP contribution is -1.89. The Hall–Kier alpha value is -6.10. The maximum atomic E-state index is 10.3. The molecule has 0 saturated heterocycles. The van der Waals surface area contributed by atoms with Crippen molar-refractivity contribution < 1.29 is 0 Å². The van der Waals surface area contributed by atoms with Gasteiger partial charge in [-0.15, -0.1) is 45.3 Å². The minimum absolute atomic E-state index is 0.0399. The van der Waals surface area contributed by atoms with E-state index in [1.54, 1.807) is 45.3 Å². The minimum Gasteiger partial charge on any atom is -0.226 e. The number of nitrogens with zero attached hydrogens (tertiary/aromatic N) is 4. The molecule has 0 unspecified atom stereocenters. The summed E-state index contributed by atoms with van der Waals surface area (Å²) >= 11 is 7.01. The third kappa shape index (κ3) is 5.01. The van der Waals surface area contributed by atoms with Gasteiger partial charge in [0, 0.05) is 40.4 Å². The molecule has 2 aliphatic rings. The fourth-order valence-corrected chi connectivity index (χ4v) is 12.4. The molecule has 0 amide bonds. The van der Waals surface area contributed by atoms with E-state index in [1.165, 1.54) is 41.8 Å². The predicted molar refractivity (Wildman–Crippen MR) is 226 cm³/mol. The van der Waals surface area contributed by atoms with Crippen molar-refractivity contribution in [3.63, 3.8) is 0 Å².